The number of rotatable bonds is 3. The number of ether oxygens (including phenoxy) is 2. The van der Waals surface area contributed by atoms with Crippen LogP contribution in [0.3, 0.4) is 0 Å². The molecular formula is C17H16F6N2O2. The summed E-state index contributed by atoms with van der Waals surface area (Å²) in [6, 6.07) is 3.28. The average Bonchev–Trinajstić information content (AvgIpc) is 2.51. The fourth-order valence-electron chi connectivity index (χ4n) is 2.94. The van der Waals surface area contributed by atoms with Crippen molar-refractivity contribution in [1.29, 1.82) is 0 Å². The summed E-state index contributed by atoms with van der Waals surface area (Å²) in [5, 5.41) is -0.372. The second kappa shape index (κ2) is 6.65. The lowest BCUT2D eigenvalue weighted by atomic mass is 10.0. The van der Waals surface area contributed by atoms with Crippen molar-refractivity contribution in [3.05, 3.63) is 23.8 Å². The monoisotopic (exact) mass is 394 g/mol. The molecule has 0 saturated carbocycles. The van der Waals surface area contributed by atoms with Crippen molar-refractivity contribution in [1.82, 2.24) is 4.98 Å². The summed E-state index contributed by atoms with van der Waals surface area (Å²) in [6.45, 7) is 1.76. The van der Waals surface area contributed by atoms with E-state index in [1.165, 1.54) is 12.1 Å². The zero-order valence-electron chi connectivity index (χ0n) is 14.4. The van der Waals surface area contributed by atoms with Crippen LogP contribution in [-0.4, -0.2) is 37.0 Å². The molecule has 4 nitrogen and oxygen atoms in total. The predicted molar refractivity (Wildman–Crippen MR) is 86.3 cm³/mol. The Morgan fingerprint density at radius 2 is 1.89 bits per heavy atom. The lowest BCUT2D eigenvalue weighted by Crippen LogP contribution is -2.39. The normalized spacial score (nSPS) is 15.1. The molecule has 1 aromatic carbocycles. The van der Waals surface area contributed by atoms with Gasteiger partial charge in [-0.3, -0.25) is 0 Å². The molecule has 0 atom stereocenters. The summed E-state index contributed by atoms with van der Waals surface area (Å²) in [7, 11) is 0. The predicted octanol–water partition coefficient (Wildman–Crippen LogP) is 4.80. The lowest BCUT2D eigenvalue weighted by Gasteiger charge is -2.33. The van der Waals surface area contributed by atoms with Gasteiger partial charge in [0.25, 0.3) is 0 Å². The van der Waals surface area contributed by atoms with Gasteiger partial charge in [-0.2, -0.15) is 26.3 Å². The summed E-state index contributed by atoms with van der Waals surface area (Å²) in [4.78, 5) is 5.01. The molecule has 0 saturated heterocycles. The average molecular weight is 394 g/mol. The topological polar surface area (TPSA) is 34.6 Å². The van der Waals surface area contributed by atoms with E-state index in [1.54, 1.807) is 13.8 Å². The van der Waals surface area contributed by atoms with Crippen molar-refractivity contribution in [2.45, 2.75) is 32.3 Å². The number of alkyl halides is 6. The number of pyridine rings is 1. The minimum absolute atomic E-state index is 0.0455. The Morgan fingerprint density at radius 1 is 1.19 bits per heavy atom. The van der Waals surface area contributed by atoms with E-state index in [9.17, 15) is 26.3 Å². The summed E-state index contributed by atoms with van der Waals surface area (Å²) in [5.74, 6) is -0.466. The van der Waals surface area contributed by atoms with Gasteiger partial charge in [-0.15, -0.1) is 0 Å². The highest BCUT2D eigenvalue weighted by molar-refractivity contribution is 5.95. The molecule has 0 bridgehead atoms. The van der Waals surface area contributed by atoms with Gasteiger partial charge in [-0.05, 0) is 26.0 Å². The summed E-state index contributed by atoms with van der Waals surface area (Å²) in [5.41, 5.74) is -1.17. The first-order chi connectivity index (χ1) is 12.5. The first kappa shape index (κ1) is 19.4. The number of hydrogen-bond donors (Lipinski definition) is 0. The quantitative estimate of drug-likeness (QED) is 0.701. The van der Waals surface area contributed by atoms with E-state index in [1.807, 2.05) is 0 Å². The maximum Gasteiger partial charge on any atom is 0.417 e. The van der Waals surface area contributed by atoms with E-state index < -0.39 is 30.6 Å². The first-order valence-electron chi connectivity index (χ1n) is 8.12. The minimum Gasteiger partial charge on any atom is -0.489 e. The van der Waals surface area contributed by atoms with Gasteiger partial charge in [0, 0.05) is 6.07 Å². The molecule has 1 aromatic heterocycles. The maximum atomic E-state index is 13.6. The highest BCUT2D eigenvalue weighted by atomic mass is 19.4. The fraction of sp³-hybridized carbons (Fsp3) is 0.471. The molecule has 0 aliphatic carbocycles. The van der Waals surface area contributed by atoms with Crippen molar-refractivity contribution < 1.29 is 35.8 Å². The van der Waals surface area contributed by atoms with Gasteiger partial charge in [-0.25, -0.2) is 4.98 Å². The Morgan fingerprint density at radius 3 is 2.48 bits per heavy atom. The Bertz CT molecular complexity index is 848. The van der Waals surface area contributed by atoms with Crippen molar-refractivity contribution in [2.24, 2.45) is 0 Å². The van der Waals surface area contributed by atoms with Crippen molar-refractivity contribution in [3.63, 3.8) is 0 Å². The van der Waals surface area contributed by atoms with Crippen LogP contribution in [0.25, 0.3) is 10.9 Å². The Hall–Kier alpha value is -2.39. The second-order valence-corrected chi connectivity index (χ2v) is 6.37. The van der Waals surface area contributed by atoms with Crippen LogP contribution in [0.2, 0.25) is 0 Å². The molecule has 10 heteroatoms. The van der Waals surface area contributed by atoms with Crippen LogP contribution in [0, 0.1) is 0 Å². The number of fused-ring (bicyclic) bond motifs is 3. The highest BCUT2D eigenvalue weighted by Crippen LogP contribution is 2.45. The lowest BCUT2D eigenvalue weighted by molar-refractivity contribution is -0.136. The molecule has 2 aromatic rings. The number of halogens is 6. The van der Waals surface area contributed by atoms with E-state index >= 15 is 0 Å². The molecule has 0 amide bonds. The van der Waals surface area contributed by atoms with Gasteiger partial charge >= 0.3 is 12.4 Å². The van der Waals surface area contributed by atoms with Crippen LogP contribution in [0.1, 0.15) is 19.4 Å². The third-order valence-electron chi connectivity index (χ3n) is 3.86. The zero-order valence-corrected chi connectivity index (χ0v) is 14.4. The van der Waals surface area contributed by atoms with E-state index in [0.29, 0.717) is 0 Å². The molecule has 3 rings (SSSR count). The standard InChI is InChI=1S/C17H16F6N2O2/c1-9(2)27-13-7-10(17(21,22)23)14-11(24-13)3-4-12-15(14)26-6-5-25(12)8-16(18,19)20/h3-4,7,9H,5-6,8H2,1-2H3. The fourth-order valence-corrected chi connectivity index (χ4v) is 2.94. The molecule has 148 valence electrons. The first-order valence-corrected chi connectivity index (χ1v) is 8.12. The van der Waals surface area contributed by atoms with Crippen LogP contribution in [0.15, 0.2) is 18.2 Å². The van der Waals surface area contributed by atoms with Gasteiger partial charge in [0.1, 0.15) is 13.2 Å². The number of benzene rings is 1. The van der Waals surface area contributed by atoms with Crippen LogP contribution in [-0.2, 0) is 6.18 Å². The van der Waals surface area contributed by atoms with E-state index in [2.05, 4.69) is 4.98 Å². The Kier molecular flexibility index (Phi) is 4.77. The van der Waals surface area contributed by atoms with Crippen LogP contribution >= 0.6 is 0 Å². The molecule has 1 aliphatic heterocycles. The van der Waals surface area contributed by atoms with E-state index in [0.717, 1.165) is 11.0 Å². The third kappa shape index (κ3) is 4.14. The molecule has 1 aliphatic rings. The van der Waals surface area contributed by atoms with Gasteiger partial charge in [0.05, 0.1) is 34.8 Å². The third-order valence-corrected chi connectivity index (χ3v) is 3.86. The van der Waals surface area contributed by atoms with Crippen LogP contribution in [0.4, 0.5) is 32.0 Å². The number of aromatic nitrogens is 1. The number of nitrogens with zero attached hydrogens (tertiary/aromatic N) is 2. The summed E-state index contributed by atoms with van der Waals surface area (Å²) >= 11 is 0. The molecule has 0 N–H and O–H groups in total. The smallest absolute Gasteiger partial charge is 0.417 e. The zero-order chi connectivity index (χ0) is 20.0. The molecule has 0 unspecified atom stereocenters. The molecule has 2 heterocycles. The molecular weight excluding hydrogens is 378 g/mol. The summed E-state index contributed by atoms with van der Waals surface area (Å²) < 4.78 is 89.9. The molecule has 0 fully saturated rings. The van der Waals surface area contributed by atoms with Crippen molar-refractivity contribution in [3.8, 4) is 11.6 Å². The largest absolute Gasteiger partial charge is 0.489 e. The highest BCUT2D eigenvalue weighted by Gasteiger charge is 2.38. The van der Waals surface area contributed by atoms with Gasteiger partial charge in [-0.1, -0.05) is 0 Å². The van der Waals surface area contributed by atoms with E-state index in [4.69, 9.17) is 9.47 Å². The van der Waals surface area contributed by atoms with Gasteiger partial charge < -0.3 is 14.4 Å². The minimum atomic E-state index is -4.76. The van der Waals surface area contributed by atoms with Crippen molar-refractivity contribution >= 4 is 16.6 Å². The Balaban J connectivity index is 2.21. The van der Waals surface area contributed by atoms with Crippen LogP contribution in [0.5, 0.6) is 11.6 Å². The molecule has 27 heavy (non-hydrogen) atoms. The SMILES string of the molecule is CC(C)Oc1cc(C(F)(F)F)c2c3c(ccc2n1)N(CC(F)(F)F)CCO3. The maximum absolute atomic E-state index is 13.6. The van der Waals surface area contributed by atoms with Crippen molar-refractivity contribution in [2.75, 3.05) is 24.6 Å². The Labute approximate surface area is 150 Å². The van der Waals surface area contributed by atoms with Crippen LogP contribution < -0.4 is 14.4 Å². The van der Waals surface area contributed by atoms with E-state index in [-0.39, 0.29) is 41.4 Å². The number of anilines is 1. The summed E-state index contributed by atoms with van der Waals surface area (Å²) in [6.07, 6.45) is -9.66. The second-order valence-electron chi connectivity index (χ2n) is 6.37. The molecule has 0 radical (unpaired) electrons. The molecule has 0 spiro atoms. The number of hydrogen-bond acceptors (Lipinski definition) is 4. The van der Waals surface area contributed by atoms with Gasteiger partial charge in [0.2, 0.25) is 5.88 Å². The van der Waals surface area contributed by atoms with Gasteiger partial charge in [0.15, 0.2) is 5.75 Å².